The van der Waals surface area contributed by atoms with Gasteiger partial charge in [-0.05, 0) is 29.7 Å². The molecule has 0 aliphatic carbocycles. The van der Waals surface area contributed by atoms with Crippen molar-refractivity contribution in [2.45, 2.75) is 70.8 Å². The average Bonchev–Trinajstić information content (AvgIpc) is 3.18. The van der Waals surface area contributed by atoms with Crippen LogP contribution in [0.25, 0.3) is 11.1 Å². The molecule has 1 aliphatic rings. The molecule has 1 heterocycles. The molecule has 2 aromatic carbocycles. The molecule has 0 bridgehead atoms. The first-order valence-corrected chi connectivity index (χ1v) is 11.1. The van der Waals surface area contributed by atoms with Crippen LogP contribution < -0.4 is 5.43 Å². The van der Waals surface area contributed by atoms with Crippen molar-refractivity contribution >= 4 is 5.69 Å². The third-order valence-corrected chi connectivity index (χ3v) is 5.55. The predicted molar refractivity (Wildman–Crippen MR) is 119 cm³/mol. The quantitative estimate of drug-likeness (QED) is 0.407. The normalized spacial score (nSPS) is 17.1. The Labute approximate surface area is 171 Å². The minimum absolute atomic E-state index is 0.371. The van der Waals surface area contributed by atoms with Gasteiger partial charge in [0.1, 0.15) is 6.73 Å². The van der Waals surface area contributed by atoms with Crippen molar-refractivity contribution in [3.63, 3.8) is 0 Å². The lowest BCUT2D eigenvalue weighted by Gasteiger charge is -2.17. The van der Waals surface area contributed by atoms with Gasteiger partial charge in [-0.1, -0.05) is 101 Å². The first kappa shape index (κ1) is 20.9. The van der Waals surface area contributed by atoms with Gasteiger partial charge in [0.15, 0.2) is 0 Å². The number of ether oxygens (including phenoxy) is 1. The Morgan fingerprint density at radius 2 is 1.46 bits per heavy atom. The zero-order valence-electron chi connectivity index (χ0n) is 17.4. The molecule has 1 atom stereocenters. The molecule has 3 nitrogen and oxygen atoms in total. The summed E-state index contributed by atoms with van der Waals surface area (Å²) in [5.74, 6) is 0. The molecule has 1 unspecified atom stereocenters. The van der Waals surface area contributed by atoms with Crippen LogP contribution in [-0.4, -0.2) is 24.4 Å². The molecule has 152 valence electrons. The second-order valence-electron chi connectivity index (χ2n) is 7.96. The van der Waals surface area contributed by atoms with Gasteiger partial charge in [0, 0.05) is 12.2 Å². The molecular weight excluding hydrogens is 344 g/mol. The lowest BCUT2D eigenvalue weighted by atomic mass is 10.1. The zero-order chi connectivity index (χ0) is 19.4. The van der Waals surface area contributed by atoms with Gasteiger partial charge in [0.25, 0.3) is 0 Å². The standard InChI is InChI=1S/C25H36N2O/c1-2-3-4-5-6-7-8-12-15-25-20-27(21-28-25)26-24-18-16-23(17-19-24)22-13-10-9-11-14-22/h9-11,13-14,16-19,25-26H,2-8,12,15,20-21H2,1H3. The van der Waals surface area contributed by atoms with Crippen LogP contribution >= 0.6 is 0 Å². The Balaban J connectivity index is 1.31. The van der Waals surface area contributed by atoms with Crippen LogP contribution in [0.2, 0.25) is 0 Å². The lowest BCUT2D eigenvalue weighted by molar-refractivity contribution is 0.0882. The summed E-state index contributed by atoms with van der Waals surface area (Å²) in [6, 6.07) is 19.1. The highest BCUT2D eigenvalue weighted by atomic mass is 16.5. The SMILES string of the molecule is CCCCCCCCCCC1CN(Nc2ccc(-c3ccccc3)cc2)CO1. The van der Waals surface area contributed by atoms with E-state index in [1.165, 1.54) is 68.9 Å². The van der Waals surface area contributed by atoms with Gasteiger partial charge >= 0.3 is 0 Å². The maximum atomic E-state index is 5.95. The smallest absolute Gasteiger partial charge is 0.117 e. The van der Waals surface area contributed by atoms with Gasteiger partial charge in [-0.15, -0.1) is 0 Å². The van der Waals surface area contributed by atoms with Crippen molar-refractivity contribution in [1.82, 2.24) is 5.01 Å². The number of hydrazine groups is 1. The Morgan fingerprint density at radius 3 is 2.18 bits per heavy atom. The Kier molecular flexibility index (Phi) is 8.86. The largest absolute Gasteiger partial charge is 0.360 e. The summed E-state index contributed by atoms with van der Waals surface area (Å²) in [7, 11) is 0. The van der Waals surface area contributed by atoms with E-state index in [0.717, 1.165) is 12.2 Å². The third-order valence-electron chi connectivity index (χ3n) is 5.55. The number of hydrogen-bond donors (Lipinski definition) is 1. The summed E-state index contributed by atoms with van der Waals surface area (Å²) in [5.41, 5.74) is 7.11. The summed E-state index contributed by atoms with van der Waals surface area (Å²) >= 11 is 0. The molecule has 1 fully saturated rings. The van der Waals surface area contributed by atoms with E-state index in [4.69, 9.17) is 4.74 Å². The maximum Gasteiger partial charge on any atom is 0.117 e. The zero-order valence-corrected chi connectivity index (χ0v) is 17.4. The van der Waals surface area contributed by atoms with Crippen LogP contribution in [-0.2, 0) is 4.74 Å². The second-order valence-corrected chi connectivity index (χ2v) is 7.96. The highest BCUT2D eigenvalue weighted by Crippen LogP contribution is 2.22. The van der Waals surface area contributed by atoms with E-state index in [1.54, 1.807) is 0 Å². The number of unbranched alkanes of at least 4 members (excludes halogenated alkanes) is 7. The van der Waals surface area contributed by atoms with Crippen LogP contribution in [0.1, 0.15) is 64.7 Å². The molecule has 0 radical (unpaired) electrons. The fourth-order valence-electron chi connectivity index (χ4n) is 3.86. The van der Waals surface area contributed by atoms with Crippen molar-refractivity contribution in [2.75, 3.05) is 18.7 Å². The summed E-state index contributed by atoms with van der Waals surface area (Å²) in [5, 5.41) is 2.19. The van der Waals surface area contributed by atoms with E-state index < -0.39 is 0 Å². The first-order chi connectivity index (χ1) is 13.8. The highest BCUT2D eigenvalue weighted by molar-refractivity contribution is 5.65. The van der Waals surface area contributed by atoms with Crippen LogP contribution in [0.4, 0.5) is 5.69 Å². The number of rotatable bonds is 12. The number of benzene rings is 2. The molecule has 3 heteroatoms. The van der Waals surface area contributed by atoms with Crippen LogP contribution in [0.3, 0.4) is 0 Å². The molecule has 0 saturated carbocycles. The molecule has 0 aromatic heterocycles. The second kappa shape index (κ2) is 11.9. The van der Waals surface area contributed by atoms with Gasteiger partial charge < -0.3 is 10.2 Å². The lowest BCUT2D eigenvalue weighted by Crippen LogP contribution is -2.28. The van der Waals surface area contributed by atoms with Gasteiger partial charge in [0.2, 0.25) is 0 Å². The summed E-state index contributed by atoms with van der Waals surface area (Å²) in [6.07, 6.45) is 12.5. The average molecular weight is 381 g/mol. The molecule has 0 spiro atoms. The molecule has 1 N–H and O–H groups in total. The molecule has 1 saturated heterocycles. The van der Waals surface area contributed by atoms with E-state index in [-0.39, 0.29) is 0 Å². The van der Waals surface area contributed by atoms with Crippen molar-refractivity contribution in [2.24, 2.45) is 0 Å². The van der Waals surface area contributed by atoms with E-state index in [2.05, 4.69) is 72.0 Å². The maximum absolute atomic E-state index is 5.95. The van der Waals surface area contributed by atoms with Crippen molar-refractivity contribution < 1.29 is 4.74 Å². The van der Waals surface area contributed by atoms with E-state index >= 15 is 0 Å². The minimum atomic E-state index is 0.371. The Bertz CT molecular complexity index is 656. The van der Waals surface area contributed by atoms with Gasteiger partial charge in [0.05, 0.1) is 6.10 Å². The molecule has 1 aliphatic heterocycles. The number of anilines is 1. The third kappa shape index (κ3) is 6.96. The van der Waals surface area contributed by atoms with Crippen molar-refractivity contribution in [3.05, 3.63) is 54.6 Å². The van der Waals surface area contributed by atoms with Crippen molar-refractivity contribution in [3.8, 4) is 11.1 Å². The van der Waals surface area contributed by atoms with E-state index in [9.17, 15) is 0 Å². The fraction of sp³-hybridized carbons (Fsp3) is 0.520. The topological polar surface area (TPSA) is 24.5 Å². The number of nitrogens with zero attached hydrogens (tertiary/aromatic N) is 1. The van der Waals surface area contributed by atoms with Crippen molar-refractivity contribution in [1.29, 1.82) is 0 Å². The van der Waals surface area contributed by atoms with Crippen LogP contribution in [0, 0.1) is 0 Å². The highest BCUT2D eigenvalue weighted by Gasteiger charge is 2.22. The Morgan fingerprint density at radius 1 is 0.821 bits per heavy atom. The predicted octanol–water partition coefficient (Wildman–Crippen LogP) is 6.87. The fourth-order valence-corrected chi connectivity index (χ4v) is 3.86. The monoisotopic (exact) mass is 380 g/mol. The summed E-state index contributed by atoms with van der Waals surface area (Å²) in [4.78, 5) is 0. The molecule has 2 aromatic rings. The van der Waals surface area contributed by atoms with Gasteiger partial charge in [-0.25, -0.2) is 0 Å². The molecular formula is C25H36N2O. The summed E-state index contributed by atoms with van der Waals surface area (Å²) in [6.45, 7) is 3.92. The molecule has 28 heavy (non-hydrogen) atoms. The molecule has 3 rings (SSSR count). The first-order valence-electron chi connectivity index (χ1n) is 11.1. The number of hydrogen-bond acceptors (Lipinski definition) is 3. The van der Waals surface area contributed by atoms with Crippen LogP contribution in [0.5, 0.6) is 0 Å². The Hall–Kier alpha value is -1.84. The van der Waals surface area contributed by atoms with Crippen LogP contribution in [0.15, 0.2) is 54.6 Å². The molecule has 0 amide bonds. The van der Waals surface area contributed by atoms with E-state index in [0.29, 0.717) is 12.8 Å². The number of nitrogens with one attached hydrogen (secondary N) is 1. The van der Waals surface area contributed by atoms with E-state index in [1.807, 2.05) is 0 Å². The van der Waals surface area contributed by atoms with Gasteiger partial charge in [-0.2, -0.15) is 5.01 Å². The minimum Gasteiger partial charge on any atom is -0.360 e. The van der Waals surface area contributed by atoms with Gasteiger partial charge in [-0.3, -0.25) is 0 Å². The summed E-state index contributed by atoms with van der Waals surface area (Å²) < 4.78 is 5.95.